The van der Waals surface area contributed by atoms with Gasteiger partial charge in [0.15, 0.2) is 0 Å². The second kappa shape index (κ2) is 7.42. The maximum atomic E-state index is 13.1. The summed E-state index contributed by atoms with van der Waals surface area (Å²) >= 11 is 0. The third kappa shape index (κ3) is 4.91. The molecule has 1 unspecified atom stereocenters. The van der Waals surface area contributed by atoms with Gasteiger partial charge in [-0.1, -0.05) is 6.07 Å². The number of ether oxygens (including phenoxy) is 2. The van der Waals surface area contributed by atoms with Crippen LogP contribution in [0, 0.1) is 5.82 Å². The highest BCUT2D eigenvalue weighted by Gasteiger charge is 2.06. The van der Waals surface area contributed by atoms with E-state index in [1.54, 1.807) is 18.2 Å². The van der Waals surface area contributed by atoms with Crippen molar-refractivity contribution in [2.24, 2.45) is 0 Å². The molecule has 0 spiro atoms. The van der Waals surface area contributed by atoms with E-state index in [1.807, 2.05) is 13.8 Å². The van der Waals surface area contributed by atoms with Crippen molar-refractivity contribution in [1.29, 1.82) is 0 Å². The van der Waals surface area contributed by atoms with Crippen LogP contribution >= 0.6 is 0 Å². The van der Waals surface area contributed by atoms with Crippen molar-refractivity contribution in [3.63, 3.8) is 0 Å². The van der Waals surface area contributed by atoms with Crippen LogP contribution in [0.4, 0.5) is 10.2 Å². The van der Waals surface area contributed by atoms with Gasteiger partial charge in [-0.25, -0.2) is 14.4 Å². The predicted molar refractivity (Wildman–Crippen MR) is 78.2 cm³/mol. The van der Waals surface area contributed by atoms with Gasteiger partial charge in [0, 0.05) is 12.1 Å². The molecule has 0 fully saturated rings. The van der Waals surface area contributed by atoms with Gasteiger partial charge in [-0.3, -0.25) is 0 Å². The number of benzene rings is 1. The van der Waals surface area contributed by atoms with Crippen LogP contribution < -0.4 is 14.8 Å². The molecule has 1 atom stereocenters. The van der Waals surface area contributed by atoms with E-state index in [2.05, 4.69) is 15.3 Å². The normalized spacial score (nSPS) is 11.8. The molecule has 1 aromatic heterocycles. The molecule has 1 heterocycles. The summed E-state index contributed by atoms with van der Waals surface area (Å²) in [6, 6.07) is 7.79. The second-order valence-corrected chi connectivity index (χ2v) is 4.44. The summed E-state index contributed by atoms with van der Waals surface area (Å²) in [5.74, 6) is 1.36. The highest BCUT2D eigenvalue weighted by molar-refractivity contribution is 5.37. The summed E-state index contributed by atoms with van der Waals surface area (Å²) in [5, 5.41) is 3.13. The first-order valence-electron chi connectivity index (χ1n) is 6.78. The average Bonchev–Trinajstić information content (AvgIpc) is 2.46. The van der Waals surface area contributed by atoms with Crippen molar-refractivity contribution >= 4 is 5.82 Å². The Balaban J connectivity index is 1.86. The van der Waals surface area contributed by atoms with Crippen molar-refractivity contribution < 1.29 is 13.9 Å². The number of hydrogen-bond acceptors (Lipinski definition) is 5. The number of nitrogens with zero attached hydrogens (tertiary/aromatic N) is 2. The van der Waals surface area contributed by atoms with Gasteiger partial charge >= 0.3 is 0 Å². The first-order valence-corrected chi connectivity index (χ1v) is 6.78. The number of nitrogens with one attached hydrogen (secondary N) is 1. The van der Waals surface area contributed by atoms with E-state index >= 15 is 0 Å². The molecule has 0 aliphatic carbocycles. The Bertz CT molecular complexity index is 580. The molecule has 112 valence electrons. The molecular weight excluding hydrogens is 273 g/mol. The number of hydrogen-bond donors (Lipinski definition) is 1. The lowest BCUT2D eigenvalue weighted by Crippen LogP contribution is -2.23. The summed E-state index contributed by atoms with van der Waals surface area (Å²) in [4.78, 5) is 8.08. The molecule has 2 rings (SSSR count). The van der Waals surface area contributed by atoms with Crippen LogP contribution in [0.25, 0.3) is 0 Å². The van der Waals surface area contributed by atoms with E-state index < -0.39 is 0 Å². The molecule has 0 bridgehead atoms. The van der Waals surface area contributed by atoms with Gasteiger partial charge in [0.05, 0.1) is 13.2 Å². The summed E-state index contributed by atoms with van der Waals surface area (Å²) in [5.41, 5.74) is 0. The standard InChI is InChI=1S/C15H18FN3O2/c1-3-20-15-8-14(18-10-19-15)17-9-11(2)21-13-6-4-5-12(16)7-13/h4-8,10-11H,3,9H2,1-2H3,(H,17,18,19). The van der Waals surface area contributed by atoms with Gasteiger partial charge in [-0.15, -0.1) is 0 Å². The Kier molecular flexibility index (Phi) is 5.31. The number of rotatable bonds is 7. The third-order valence-electron chi connectivity index (χ3n) is 2.64. The van der Waals surface area contributed by atoms with Crippen LogP contribution in [0.5, 0.6) is 11.6 Å². The van der Waals surface area contributed by atoms with E-state index in [4.69, 9.17) is 9.47 Å². The molecule has 5 nitrogen and oxygen atoms in total. The Hall–Kier alpha value is -2.37. The molecule has 0 radical (unpaired) electrons. The first-order chi connectivity index (χ1) is 10.2. The van der Waals surface area contributed by atoms with Crippen molar-refractivity contribution in [3.05, 3.63) is 42.5 Å². The summed E-state index contributed by atoms with van der Waals surface area (Å²) in [6.07, 6.45) is 1.29. The van der Waals surface area contributed by atoms with Crippen LogP contribution in [0.1, 0.15) is 13.8 Å². The average molecular weight is 291 g/mol. The molecule has 0 aliphatic heterocycles. The summed E-state index contributed by atoms with van der Waals surface area (Å²) in [7, 11) is 0. The Morgan fingerprint density at radius 2 is 2.14 bits per heavy atom. The molecule has 21 heavy (non-hydrogen) atoms. The van der Waals surface area contributed by atoms with Crippen LogP contribution in [-0.2, 0) is 0 Å². The molecule has 1 aromatic carbocycles. The maximum Gasteiger partial charge on any atom is 0.218 e. The van der Waals surface area contributed by atoms with Crippen LogP contribution in [0.15, 0.2) is 36.7 Å². The molecule has 2 aromatic rings. The smallest absolute Gasteiger partial charge is 0.218 e. The van der Waals surface area contributed by atoms with Gasteiger partial charge in [0.1, 0.15) is 29.8 Å². The lowest BCUT2D eigenvalue weighted by atomic mass is 10.3. The topological polar surface area (TPSA) is 56.3 Å². The molecule has 6 heteroatoms. The Labute approximate surface area is 123 Å². The van der Waals surface area contributed by atoms with Gasteiger partial charge in [-0.05, 0) is 26.0 Å². The zero-order valence-electron chi connectivity index (χ0n) is 12.0. The lowest BCUT2D eigenvalue weighted by Gasteiger charge is -2.16. The molecule has 0 amide bonds. The monoisotopic (exact) mass is 291 g/mol. The molecule has 0 saturated carbocycles. The zero-order chi connectivity index (χ0) is 15.1. The SMILES string of the molecule is CCOc1cc(NCC(C)Oc2cccc(F)c2)ncn1. The van der Waals surface area contributed by atoms with Gasteiger partial charge < -0.3 is 14.8 Å². The first kappa shape index (κ1) is 15.0. The van der Waals surface area contributed by atoms with E-state index in [9.17, 15) is 4.39 Å². The van der Waals surface area contributed by atoms with E-state index in [0.717, 1.165) is 0 Å². The largest absolute Gasteiger partial charge is 0.489 e. The minimum absolute atomic E-state index is 0.141. The quantitative estimate of drug-likeness (QED) is 0.850. The van der Waals surface area contributed by atoms with Gasteiger partial charge in [-0.2, -0.15) is 0 Å². The third-order valence-corrected chi connectivity index (χ3v) is 2.64. The van der Waals surface area contributed by atoms with Gasteiger partial charge in [0.2, 0.25) is 5.88 Å². The van der Waals surface area contributed by atoms with Crippen molar-refractivity contribution in [2.75, 3.05) is 18.5 Å². The predicted octanol–water partition coefficient (Wildman–Crippen LogP) is 2.89. The van der Waals surface area contributed by atoms with Crippen LogP contribution in [0.2, 0.25) is 0 Å². The van der Waals surface area contributed by atoms with Crippen molar-refractivity contribution in [3.8, 4) is 11.6 Å². The number of halogens is 1. The second-order valence-electron chi connectivity index (χ2n) is 4.44. The molecule has 0 aliphatic rings. The Morgan fingerprint density at radius 3 is 2.90 bits per heavy atom. The number of anilines is 1. The minimum Gasteiger partial charge on any atom is -0.489 e. The van der Waals surface area contributed by atoms with Crippen molar-refractivity contribution in [2.45, 2.75) is 20.0 Å². The van der Waals surface area contributed by atoms with Gasteiger partial charge in [0.25, 0.3) is 0 Å². The lowest BCUT2D eigenvalue weighted by molar-refractivity contribution is 0.233. The molecular formula is C15H18FN3O2. The van der Waals surface area contributed by atoms with Crippen molar-refractivity contribution in [1.82, 2.24) is 9.97 Å². The minimum atomic E-state index is -0.315. The highest BCUT2D eigenvalue weighted by atomic mass is 19.1. The fourth-order valence-electron chi connectivity index (χ4n) is 1.73. The van der Waals surface area contributed by atoms with E-state index in [-0.39, 0.29) is 11.9 Å². The zero-order valence-corrected chi connectivity index (χ0v) is 12.0. The van der Waals surface area contributed by atoms with E-state index in [0.29, 0.717) is 30.6 Å². The fourth-order valence-corrected chi connectivity index (χ4v) is 1.73. The maximum absolute atomic E-state index is 13.1. The molecule has 0 saturated heterocycles. The summed E-state index contributed by atoms with van der Waals surface area (Å²) < 4.78 is 24.0. The fraction of sp³-hybridized carbons (Fsp3) is 0.333. The summed E-state index contributed by atoms with van der Waals surface area (Å²) in [6.45, 7) is 4.86. The number of aromatic nitrogens is 2. The van der Waals surface area contributed by atoms with Crippen LogP contribution in [0.3, 0.4) is 0 Å². The van der Waals surface area contributed by atoms with Crippen LogP contribution in [-0.4, -0.2) is 29.2 Å². The Morgan fingerprint density at radius 1 is 1.29 bits per heavy atom. The molecule has 1 N–H and O–H groups in total. The van der Waals surface area contributed by atoms with E-state index in [1.165, 1.54) is 18.5 Å². The highest BCUT2D eigenvalue weighted by Crippen LogP contribution is 2.15.